The van der Waals surface area contributed by atoms with Crippen LogP contribution in [0, 0.1) is 11.7 Å². The van der Waals surface area contributed by atoms with Crippen molar-refractivity contribution >= 4 is 12.2 Å². The molecule has 5 nitrogen and oxygen atoms in total. The minimum Gasteiger partial charge on any atom is -0.481 e. The van der Waals surface area contributed by atoms with Gasteiger partial charge in [0.2, 0.25) is 0 Å². The van der Waals surface area contributed by atoms with Gasteiger partial charge in [0.15, 0.2) is 0 Å². The molecule has 0 radical (unpaired) electrons. The van der Waals surface area contributed by atoms with E-state index in [1.807, 2.05) is 41.3 Å². The van der Waals surface area contributed by atoms with E-state index >= 15 is 0 Å². The van der Waals surface area contributed by atoms with Gasteiger partial charge in [0, 0.05) is 18.7 Å². The van der Waals surface area contributed by atoms with E-state index in [0.29, 0.717) is 31.7 Å². The third-order valence-electron chi connectivity index (χ3n) is 4.51. The van der Waals surface area contributed by atoms with Crippen LogP contribution in [-0.2, 0) is 9.63 Å². The van der Waals surface area contributed by atoms with Gasteiger partial charge in [-0.25, -0.2) is 4.39 Å². The van der Waals surface area contributed by atoms with Gasteiger partial charge in [0.25, 0.3) is 0 Å². The van der Waals surface area contributed by atoms with Gasteiger partial charge in [-0.1, -0.05) is 47.6 Å². The van der Waals surface area contributed by atoms with E-state index in [9.17, 15) is 9.18 Å². The maximum absolute atomic E-state index is 14.2. The summed E-state index contributed by atoms with van der Waals surface area (Å²) in [6.07, 6.45) is 2.05. The molecule has 1 aliphatic rings. The molecule has 1 atom stereocenters. The Bertz CT molecular complexity index is 780. The lowest BCUT2D eigenvalue weighted by molar-refractivity contribution is -0.141. The summed E-state index contributed by atoms with van der Waals surface area (Å²) in [6, 6.07) is 14.4. The van der Waals surface area contributed by atoms with Crippen molar-refractivity contribution in [2.24, 2.45) is 11.1 Å². The van der Waals surface area contributed by atoms with Crippen LogP contribution in [0.5, 0.6) is 0 Å². The van der Waals surface area contributed by atoms with Gasteiger partial charge in [-0.3, -0.25) is 9.69 Å². The number of aliphatic carboxylic acids is 1. The second-order valence-electron chi connectivity index (χ2n) is 6.26. The molecule has 0 aliphatic carbocycles. The van der Waals surface area contributed by atoms with Gasteiger partial charge < -0.3 is 9.94 Å². The van der Waals surface area contributed by atoms with Crippen LogP contribution in [0.2, 0.25) is 0 Å². The Labute approximate surface area is 151 Å². The fraction of sp³-hybridized carbons (Fsp3) is 0.300. The number of carboxylic acid groups (broad SMARTS) is 1. The molecule has 2 aromatic carbocycles. The van der Waals surface area contributed by atoms with Crippen LogP contribution in [0.25, 0.3) is 11.1 Å². The molecule has 1 heterocycles. The van der Waals surface area contributed by atoms with Gasteiger partial charge in [0.05, 0.1) is 12.1 Å². The largest absolute Gasteiger partial charge is 0.481 e. The van der Waals surface area contributed by atoms with Crippen molar-refractivity contribution in [3.8, 4) is 11.1 Å². The minimum absolute atomic E-state index is 0.301. The highest BCUT2D eigenvalue weighted by Gasteiger charge is 2.27. The van der Waals surface area contributed by atoms with E-state index in [0.717, 1.165) is 17.7 Å². The van der Waals surface area contributed by atoms with Gasteiger partial charge >= 0.3 is 5.97 Å². The molecule has 0 aromatic heterocycles. The van der Waals surface area contributed by atoms with Gasteiger partial charge in [0.1, 0.15) is 12.4 Å². The molecular weight excluding hydrogens is 335 g/mol. The van der Waals surface area contributed by atoms with Crippen LogP contribution in [0.4, 0.5) is 4.39 Å². The van der Waals surface area contributed by atoms with E-state index in [2.05, 4.69) is 5.16 Å². The lowest BCUT2D eigenvalue weighted by Crippen LogP contribution is -2.26. The first-order chi connectivity index (χ1) is 12.6. The van der Waals surface area contributed by atoms with Crippen molar-refractivity contribution < 1.29 is 19.1 Å². The Hall–Kier alpha value is -2.73. The number of benzene rings is 2. The lowest BCUT2D eigenvalue weighted by atomic mass is 10.00. The van der Waals surface area contributed by atoms with E-state index < -0.39 is 5.97 Å². The van der Waals surface area contributed by atoms with Crippen LogP contribution >= 0.6 is 0 Å². The van der Waals surface area contributed by atoms with Crippen LogP contribution in [0.15, 0.2) is 53.7 Å². The summed E-state index contributed by atoms with van der Waals surface area (Å²) in [5.41, 5.74) is 2.04. The van der Waals surface area contributed by atoms with Crippen LogP contribution in [0.3, 0.4) is 0 Å². The Balaban J connectivity index is 1.57. The molecule has 1 fully saturated rings. The van der Waals surface area contributed by atoms with Gasteiger partial charge in [-0.05, 0) is 30.2 Å². The Morgan fingerprint density at radius 3 is 2.81 bits per heavy atom. The third-order valence-corrected chi connectivity index (χ3v) is 4.51. The number of carbonyl (C=O) groups is 1. The van der Waals surface area contributed by atoms with E-state index in [1.165, 1.54) is 12.3 Å². The Kier molecular flexibility index (Phi) is 5.96. The molecule has 0 saturated carbocycles. The molecule has 26 heavy (non-hydrogen) atoms. The van der Waals surface area contributed by atoms with Gasteiger partial charge in [-0.15, -0.1) is 0 Å². The highest BCUT2D eigenvalue weighted by Crippen LogP contribution is 2.24. The molecule has 0 spiro atoms. The molecule has 1 N–H and O–H groups in total. The summed E-state index contributed by atoms with van der Waals surface area (Å²) in [5.74, 6) is -1.41. The second kappa shape index (κ2) is 8.58. The maximum Gasteiger partial charge on any atom is 0.307 e. The first kappa shape index (κ1) is 18.1. The molecule has 136 valence electrons. The topological polar surface area (TPSA) is 62.1 Å². The summed E-state index contributed by atoms with van der Waals surface area (Å²) in [5, 5.41) is 12.9. The molecular formula is C20H21FN2O3. The number of carboxylic acids is 1. The quantitative estimate of drug-likeness (QED) is 0.470. The van der Waals surface area contributed by atoms with Crippen molar-refractivity contribution in [2.45, 2.75) is 6.42 Å². The zero-order chi connectivity index (χ0) is 18.4. The number of rotatable bonds is 7. The smallest absolute Gasteiger partial charge is 0.307 e. The zero-order valence-electron chi connectivity index (χ0n) is 14.3. The molecule has 1 aliphatic heterocycles. The fourth-order valence-electron chi connectivity index (χ4n) is 3.09. The number of hydrogen-bond acceptors (Lipinski definition) is 4. The molecule has 1 unspecified atom stereocenters. The van der Waals surface area contributed by atoms with E-state index in [1.54, 1.807) is 6.07 Å². The monoisotopic (exact) mass is 356 g/mol. The summed E-state index contributed by atoms with van der Waals surface area (Å²) >= 11 is 0. The first-order valence-electron chi connectivity index (χ1n) is 8.59. The normalized spacial score (nSPS) is 17.7. The summed E-state index contributed by atoms with van der Waals surface area (Å²) in [7, 11) is 0. The predicted octanol–water partition coefficient (Wildman–Crippen LogP) is 3.25. The summed E-state index contributed by atoms with van der Waals surface area (Å²) < 4.78 is 14.2. The number of oxime groups is 1. The molecule has 0 amide bonds. The first-order valence-corrected chi connectivity index (χ1v) is 8.59. The molecule has 0 bridgehead atoms. The van der Waals surface area contributed by atoms with E-state index in [4.69, 9.17) is 9.94 Å². The summed E-state index contributed by atoms with van der Waals surface area (Å²) in [6.45, 7) is 2.21. The minimum atomic E-state index is -0.751. The SMILES string of the molecule is O=C(O)C1CCN(CCO/N=C/c2c(F)cccc2-c2ccccc2)C1. The molecule has 6 heteroatoms. The molecule has 3 rings (SSSR count). The zero-order valence-corrected chi connectivity index (χ0v) is 14.3. The van der Waals surface area contributed by atoms with Crippen molar-refractivity contribution in [1.82, 2.24) is 4.90 Å². The average Bonchev–Trinajstić information content (AvgIpc) is 3.12. The third kappa shape index (κ3) is 4.46. The van der Waals surface area contributed by atoms with Crippen molar-refractivity contribution in [2.75, 3.05) is 26.2 Å². The van der Waals surface area contributed by atoms with Crippen LogP contribution in [-0.4, -0.2) is 48.4 Å². The highest BCUT2D eigenvalue weighted by atomic mass is 19.1. The average molecular weight is 356 g/mol. The van der Waals surface area contributed by atoms with Crippen LogP contribution < -0.4 is 0 Å². The van der Waals surface area contributed by atoms with E-state index in [-0.39, 0.29) is 11.7 Å². The van der Waals surface area contributed by atoms with Crippen molar-refractivity contribution in [3.63, 3.8) is 0 Å². The molecule has 2 aromatic rings. The maximum atomic E-state index is 14.2. The Morgan fingerprint density at radius 1 is 1.27 bits per heavy atom. The fourth-order valence-corrected chi connectivity index (χ4v) is 3.09. The lowest BCUT2D eigenvalue weighted by Gasteiger charge is -2.13. The van der Waals surface area contributed by atoms with Crippen molar-refractivity contribution in [3.05, 3.63) is 59.9 Å². The predicted molar refractivity (Wildman–Crippen MR) is 97.6 cm³/mol. The molecule has 1 saturated heterocycles. The highest BCUT2D eigenvalue weighted by molar-refractivity contribution is 5.90. The van der Waals surface area contributed by atoms with Crippen LogP contribution in [0.1, 0.15) is 12.0 Å². The summed E-state index contributed by atoms with van der Waals surface area (Å²) in [4.78, 5) is 18.2. The number of likely N-dealkylation sites (tertiary alicyclic amines) is 1. The number of hydrogen-bond donors (Lipinski definition) is 1. The van der Waals surface area contributed by atoms with Crippen molar-refractivity contribution in [1.29, 1.82) is 0 Å². The number of halogens is 1. The second-order valence-corrected chi connectivity index (χ2v) is 6.26. The van der Waals surface area contributed by atoms with Gasteiger partial charge in [-0.2, -0.15) is 0 Å². The number of nitrogens with zero attached hydrogens (tertiary/aromatic N) is 2. The Morgan fingerprint density at radius 2 is 2.08 bits per heavy atom. The standard InChI is InChI=1S/C20H21FN2O3/c21-19-8-4-7-17(15-5-2-1-3-6-15)18(19)13-22-26-12-11-23-10-9-16(14-23)20(24)25/h1-8,13,16H,9-12,14H2,(H,24,25)/b22-13+.